The molecule has 0 bridgehead atoms. The standard InChI is InChI=1S/C22H23N3O3S/c1-15-5-3-4-6-17(15)24-9-11-25(12-10-24)22-23-21(27)20(29-22)14-16-7-8-18(26)19(13-16)28-2/h3-8,13-14,26H,9-12H2,1-2H3/b20-14-. The first kappa shape index (κ1) is 19.5. The number of ether oxygens (including phenoxy) is 1. The van der Waals surface area contributed by atoms with E-state index in [1.54, 1.807) is 18.2 Å². The number of benzene rings is 2. The van der Waals surface area contributed by atoms with Crippen LogP contribution in [0.1, 0.15) is 11.1 Å². The first-order valence-electron chi connectivity index (χ1n) is 9.58. The minimum Gasteiger partial charge on any atom is -0.870 e. The SMILES string of the molecule is COc1cc(/C=C2\SC(N3CC[NH+](c4ccccc4C)CC3)=NC2=O)ccc1[O-]. The van der Waals surface area contributed by atoms with Crippen molar-refractivity contribution in [2.45, 2.75) is 6.92 Å². The van der Waals surface area contributed by atoms with Gasteiger partial charge in [0.2, 0.25) is 0 Å². The smallest absolute Gasteiger partial charge is 0.286 e. The van der Waals surface area contributed by atoms with Crippen LogP contribution in [0.15, 0.2) is 52.4 Å². The zero-order valence-corrected chi connectivity index (χ0v) is 17.3. The summed E-state index contributed by atoms with van der Waals surface area (Å²) in [6, 6.07) is 13.3. The van der Waals surface area contributed by atoms with Crippen LogP contribution in [0.5, 0.6) is 11.5 Å². The molecule has 0 spiro atoms. The van der Waals surface area contributed by atoms with Crippen molar-refractivity contribution in [1.29, 1.82) is 0 Å². The van der Waals surface area contributed by atoms with E-state index in [9.17, 15) is 9.90 Å². The minimum atomic E-state index is -0.233. The Morgan fingerprint density at radius 3 is 2.69 bits per heavy atom. The number of rotatable bonds is 3. The molecule has 0 aromatic heterocycles. The molecule has 0 aliphatic carbocycles. The Kier molecular flexibility index (Phi) is 5.60. The minimum absolute atomic E-state index is 0.175. The van der Waals surface area contributed by atoms with Crippen molar-refractivity contribution in [3.63, 3.8) is 0 Å². The predicted molar refractivity (Wildman–Crippen MR) is 114 cm³/mol. The Morgan fingerprint density at radius 1 is 1.21 bits per heavy atom. The van der Waals surface area contributed by atoms with Gasteiger partial charge in [0.15, 0.2) is 5.17 Å². The number of carbonyl (C=O) groups is 1. The number of aryl methyl sites for hydroxylation is 1. The van der Waals surface area contributed by atoms with Gasteiger partial charge in [-0.3, -0.25) is 9.69 Å². The Balaban J connectivity index is 1.42. The number of hydrogen-bond donors (Lipinski definition) is 1. The van der Waals surface area contributed by atoms with Crippen LogP contribution in [0.2, 0.25) is 0 Å². The van der Waals surface area contributed by atoms with E-state index in [1.165, 1.54) is 41.1 Å². The second-order valence-corrected chi connectivity index (χ2v) is 8.14. The average Bonchev–Trinajstić information content (AvgIpc) is 3.10. The van der Waals surface area contributed by atoms with Gasteiger partial charge in [-0.15, -0.1) is 0 Å². The highest BCUT2D eigenvalue weighted by Crippen LogP contribution is 2.32. The van der Waals surface area contributed by atoms with Gasteiger partial charge in [0.05, 0.1) is 38.2 Å². The molecule has 7 heteroatoms. The lowest BCUT2D eigenvalue weighted by Crippen LogP contribution is -3.10. The molecule has 1 amide bonds. The summed E-state index contributed by atoms with van der Waals surface area (Å²) < 4.78 is 5.08. The number of amidine groups is 1. The van der Waals surface area contributed by atoms with E-state index >= 15 is 0 Å². The molecule has 0 saturated carbocycles. The summed E-state index contributed by atoms with van der Waals surface area (Å²) in [7, 11) is 1.46. The number of piperazine rings is 1. The summed E-state index contributed by atoms with van der Waals surface area (Å²) in [6.45, 7) is 5.80. The van der Waals surface area contributed by atoms with Crippen molar-refractivity contribution in [1.82, 2.24) is 4.90 Å². The lowest BCUT2D eigenvalue weighted by molar-refractivity contribution is -0.837. The quantitative estimate of drug-likeness (QED) is 0.780. The third-order valence-electron chi connectivity index (χ3n) is 5.26. The lowest BCUT2D eigenvalue weighted by atomic mass is 10.1. The number of nitrogens with one attached hydrogen (secondary N) is 1. The van der Waals surface area contributed by atoms with E-state index < -0.39 is 0 Å². The van der Waals surface area contributed by atoms with E-state index in [0.29, 0.717) is 4.91 Å². The van der Waals surface area contributed by atoms with Crippen LogP contribution < -0.4 is 14.7 Å². The number of nitrogens with zero attached hydrogens (tertiary/aromatic N) is 2. The molecule has 150 valence electrons. The normalized spacial score (nSPS) is 19.0. The molecule has 1 fully saturated rings. The number of hydrogen-bond acceptors (Lipinski definition) is 5. The topological polar surface area (TPSA) is 69.4 Å². The first-order valence-corrected chi connectivity index (χ1v) is 10.4. The lowest BCUT2D eigenvalue weighted by Gasteiger charge is -2.33. The highest BCUT2D eigenvalue weighted by molar-refractivity contribution is 8.18. The maximum atomic E-state index is 12.4. The Morgan fingerprint density at radius 2 is 1.97 bits per heavy atom. The first-order chi connectivity index (χ1) is 14.0. The summed E-state index contributed by atoms with van der Waals surface area (Å²) in [5.74, 6) is -0.138. The molecule has 2 aliphatic heterocycles. The highest BCUT2D eigenvalue weighted by Gasteiger charge is 2.30. The average molecular weight is 410 g/mol. The molecular weight excluding hydrogens is 386 g/mol. The Hall–Kier alpha value is -2.77. The third-order valence-corrected chi connectivity index (χ3v) is 6.30. The van der Waals surface area contributed by atoms with Gasteiger partial charge in [-0.1, -0.05) is 36.1 Å². The Labute approximate surface area is 174 Å². The molecule has 2 aromatic rings. The third kappa shape index (κ3) is 4.16. The maximum Gasteiger partial charge on any atom is 0.286 e. The number of amides is 1. The molecule has 1 saturated heterocycles. The van der Waals surface area contributed by atoms with E-state index in [2.05, 4.69) is 41.1 Å². The van der Waals surface area contributed by atoms with E-state index in [1.807, 2.05) is 0 Å². The van der Waals surface area contributed by atoms with Gasteiger partial charge < -0.3 is 14.7 Å². The molecule has 0 radical (unpaired) electrons. The molecule has 2 aliphatic rings. The molecule has 2 heterocycles. The van der Waals surface area contributed by atoms with Crippen molar-refractivity contribution in [3.05, 3.63) is 58.5 Å². The summed E-state index contributed by atoms with van der Waals surface area (Å²) in [5.41, 5.74) is 3.41. The molecule has 0 unspecified atom stereocenters. The van der Waals surface area contributed by atoms with Crippen molar-refractivity contribution in [3.8, 4) is 11.5 Å². The van der Waals surface area contributed by atoms with Gasteiger partial charge in [0.25, 0.3) is 5.91 Å². The fraction of sp³-hybridized carbons (Fsp3) is 0.273. The van der Waals surface area contributed by atoms with E-state index in [-0.39, 0.29) is 17.4 Å². The number of thioether (sulfide) groups is 1. The van der Waals surface area contributed by atoms with Gasteiger partial charge in [0.1, 0.15) is 11.4 Å². The van der Waals surface area contributed by atoms with Crippen molar-refractivity contribution in [2.24, 2.45) is 4.99 Å². The van der Waals surface area contributed by atoms with Gasteiger partial charge in [0, 0.05) is 5.56 Å². The molecular formula is C22H23N3O3S. The van der Waals surface area contributed by atoms with Crippen LogP contribution >= 0.6 is 11.8 Å². The monoisotopic (exact) mass is 409 g/mol. The van der Waals surface area contributed by atoms with Gasteiger partial charge in [-0.25, -0.2) is 0 Å². The van der Waals surface area contributed by atoms with Crippen molar-refractivity contribution >= 4 is 34.6 Å². The summed E-state index contributed by atoms with van der Waals surface area (Å²) in [4.78, 5) is 20.9. The maximum absolute atomic E-state index is 12.4. The molecule has 4 rings (SSSR count). The van der Waals surface area contributed by atoms with E-state index in [0.717, 1.165) is 36.9 Å². The number of methoxy groups -OCH3 is 1. The molecule has 2 aromatic carbocycles. The molecule has 29 heavy (non-hydrogen) atoms. The van der Waals surface area contributed by atoms with Crippen molar-refractivity contribution < 1.29 is 19.5 Å². The fourth-order valence-corrected chi connectivity index (χ4v) is 4.63. The molecule has 0 atom stereocenters. The van der Waals surface area contributed by atoms with Crippen LogP contribution in [-0.2, 0) is 4.79 Å². The second-order valence-electron chi connectivity index (χ2n) is 7.13. The summed E-state index contributed by atoms with van der Waals surface area (Å²) >= 11 is 1.40. The summed E-state index contributed by atoms with van der Waals surface area (Å²) in [6.07, 6.45) is 1.76. The van der Waals surface area contributed by atoms with Crippen LogP contribution in [0.3, 0.4) is 0 Å². The van der Waals surface area contributed by atoms with Crippen LogP contribution in [0, 0.1) is 6.92 Å². The molecule has 1 N–H and O–H groups in total. The van der Waals surface area contributed by atoms with Crippen LogP contribution in [-0.4, -0.2) is 49.3 Å². The van der Waals surface area contributed by atoms with Crippen LogP contribution in [0.4, 0.5) is 5.69 Å². The number of aliphatic imine (C=N–C) groups is 1. The zero-order valence-electron chi connectivity index (χ0n) is 16.5. The van der Waals surface area contributed by atoms with E-state index in [4.69, 9.17) is 4.74 Å². The number of quaternary nitrogens is 1. The van der Waals surface area contributed by atoms with Crippen LogP contribution in [0.25, 0.3) is 6.08 Å². The largest absolute Gasteiger partial charge is 0.870 e. The predicted octanol–water partition coefficient (Wildman–Crippen LogP) is 1.58. The Bertz CT molecular complexity index is 995. The van der Waals surface area contributed by atoms with Gasteiger partial charge >= 0.3 is 0 Å². The molecule has 6 nitrogen and oxygen atoms in total. The fourth-order valence-electron chi connectivity index (χ4n) is 3.67. The van der Waals surface area contributed by atoms with Gasteiger partial charge in [-0.05, 0) is 42.5 Å². The highest BCUT2D eigenvalue weighted by atomic mass is 32.2. The summed E-state index contributed by atoms with van der Waals surface area (Å²) in [5, 5.41) is 12.4. The second kappa shape index (κ2) is 8.31. The number of para-hydroxylation sites is 1. The number of carbonyl (C=O) groups excluding carboxylic acids is 1. The van der Waals surface area contributed by atoms with Crippen molar-refractivity contribution in [2.75, 3.05) is 33.3 Å². The zero-order chi connectivity index (χ0) is 20.4. The van der Waals surface area contributed by atoms with Gasteiger partial charge in [-0.2, -0.15) is 4.99 Å².